The Kier molecular flexibility index (Phi) is 6.79. The van der Waals surface area contributed by atoms with Gasteiger partial charge in [0.25, 0.3) is 5.91 Å². The van der Waals surface area contributed by atoms with Crippen molar-refractivity contribution in [2.75, 3.05) is 38.5 Å². The van der Waals surface area contributed by atoms with Crippen LogP contribution in [0.2, 0.25) is 5.02 Å². The molecule has 12 heteroatoms. The zero-order valence-corrected chi connectivity index (χ0v) is 17.9. The van der Waals surface area contributed by atoms with E-state index in [9.17, 15) is 26.4 Å². The molecule has 1 N–H and O–H groups in total. The van der Waals surface area contributed by atoms with Gasteiger partial charge in [0.2, 0.25) is 10.0 Å². The van der Waals surface area contributed by atoms with Crippen LogP contribution < -0.4 is 10.1 Å². The molecule has 0 spiro atoms. The van der Waals surface area contributed by atoms with Crippen molar-refractivity contribution in [2.45, 2.75) is 11.3 Å². The third kappa shape index (κ3) is 5.88. The highest BCUT2D eigenvalue weighted by atomic mass is 35.5. The van der Waals surface area contributed by atoms with E-state index in [2.05, 4.69) is 10.1 Å². The van der Waals surface area contributed by atoms with Gasteiger partial charge in [-0.2, -0.15) is 4.31 Å². The molecule has 2 aromatic rings. The fourth-order valence-electron chi connectivity index (χ4n) is 2.95. The number of benzene rings is 2. The normalized spacial score (nSPS) is 16.2. The fourth-order valence-corrected chi connectivity index (χ4v) is 4.88. The van der Waals surface area contributed by atoms with Gasteiger partial charge in [0, 0.05) is 37.4 Å². The van der Waals surface area contributed by atoms with Crippen LogP contribution in [-0.2, 0) is 10.0 Å². The number of carbonyl (C=O) groups excluding carboxylic acids is 1. The van der Waals surface area contributed by atoms with Crippen molar-refractivity contribution in [3.63, 3.8) is 0 Å². The Morgan fingerprint density at radius 2 is 1.68 bits per heavy atom. The molecule has 0 radical (unpaired) electrons. The molecule has 0 unspecified atom stereocenters. The van der Waals surface area contributed by atoms with Crippen LogP contribution in [0.1, 0.15) is 10.4 Å². The lowest BCUT2D eigenvalue weighted by molar-refractivity contribution is -0.274. The van der Waals surface area contributed by atoms with Gasteiger partial charge in [-0.25, -0.2) is 8.42 Å². The van der Waals surface area contributed by atoms with Crippen LogP contribution in [0.3, 0.4) is 0 Å². The minimum Gasteiger partial charge on any atom is -0.406 e. The average molecular weight is 478 g/mol. The van der Waals surface area contributed by atoms with Crippen LogP contribution in [0.25, 0.3) is 0 Å². The molecule has 1 saturated heterocycles. The Balaban J connectivity index is 1.77. The third-order valence-electron chi connectivity index (χ3n) is 4.62. The summed E-state index contributed by atoms with van der Waals surface area (Å²) in [6, 6.07) is 8.43. The zero-order valence-electron chi connectivity index (χ0n) is 16.3. The highest BCUT2D eigenvalue weighted by Gasteiger charge is 2.31. The minimum atomic E-state index is -4.82. The van der Waals surface area contributed by atoms with Crippen LogP contribution in [0, 0.1) is 0 Å². The Bertz CT molecular complexity index is 1050. The van der Waals surface area contributed by atoms with Gasteiger partial charge in [-0.3, -0.25) is 4.79 Å². The molecule has 1 fully saturated rings. The van der Waals surface area contributed by atoms with Crippen molar-refractivity contribution in [1.82, 2.24) is 9.21 Å². The molecule has 1 heterocycles. The zero-order chi connectivity index (χ0) is 22.8. The molecule has 1 amide bonds. The number of anilines is 1. The Hall–Kier alpha value is -2.34. The predicted molar refractivity (Wildman–Crippen MR) is 109 cm³/mol. The van der Waals surface area contributed by atoms with E-state index in [1.807, 2.05) is 11.9 Å². The maximum atomic E-state index is 13.0. The Labute approximate surface area is 182 Å². The first-order valence-corrected chi connectivity index (χ1v) is 10.9. The molecule has 0 atom stereocenters. The lowest BCUT2D eigenvalue weighted by atomic mass is 10.2. The number of amides is 1. The summed E-state index contributed by atoms with van der Waals surface area (Å²) in [6.07, 6.45) is -4.82. The van der Waals surface area contributed by atoms with Crippen molar-refractivity contribution in [1.29, 1.82) is 0 Å². The first-order chi connectivity index (χ1) is 14.5. The SMILES string of the molecule is CN1CCN(S(=O)(=O)c2cc(C(=O)Nc3ccc(OC(F)(F)F)cc3)ccc2Cl)CC1. The first-order valence-electron chi connectivity index (χ1n) is 9.11. The van der Waals surface area contributed by atoms with Gasteiger partial charge >= 0.3 is 6.36 Å². The van der Waals surface area contributed by atoms with Crippen LogP contribution in [0.15, 0.2) is 47.4 Å². The molecular formula is C19H19ClF3N3O4S. The Morgan fingerprint density at radius 1 is 1.06 bits per heavy atom. The van der Waals surface area contributed by atoms with Gasteiger partial charge in [-0.1, -0.05) is 11.6 Å². The number of carbonyl (C=O) groups is 1. The molecule has 1 aliphatic heterocycles. The summed E-state index contributed by atoms with van der Waals surface area (Å²) in [5.41, 5.74) is 0.241. The number of nitrogens with zero attached hydrogens (tertiary/aromatic N) is 2. The monoisotopic (exact) mass is 477 g/mol. The van der Waals surface area contributed by atoms with E-state index in [1.165, 1.54) is 34.6 Å². The maximum absolute atomic E-state index is 13.0. The highest BCUT2D eigenvalue weighted by molar-refractivity contribution is 7.89. The summed E-state index contributed by atoms with van der Waals surface area (Å²) >= 11 is 6.11. The van der Waals surface area contributed by atoms with E-state index in [4.69, 9.17) is 11.6 Å². The van der Waals surface area contributed by atoms with Crippen molar-refractivity contribution >= 4 is 33.2 Å². The largest absolute Gasteiger partial charge is 0.573 e. The second-order valence-corrected chi connectivity index (χ2v) is 9.19. The number of nitrogens with one attached hydrogen (secondary N) is 1. The van der Waals surface area contributed by atoms with Crippen LogP contribution in [-0.4, -0.2) is 63.1 Å². The van der Waals surface area contributed by atoms with Gasteiger partial charge in [0.1, 0.15) is 10.6 Å². The molecule has 168 valence electrons. The van der Waals surface area contributed by atoms with E-state index < -0.39 is 28.0 Å². The lowest BCUT2D eigenvalue weighted by Gasteiger charge is -2.31. The van der Waals surface area contributed by atoms with Gasteiger partial charge in [0.05, 0.1) is 5.02 Å². The summed E-state index contributed by atoms with van der Waals surface area (Å²) < 4.78 is 67.8. The van der Waals surface area contributed by atoms with E-state index >= 15 is 0 Å². The van der Waals surface area contributed by atoms with Crippen molar-refractivity contribution in [3.8, 4) is 5.75 Å². The fraction of sp³-hybridized carbons (Fsp3) is 0.316. The average Bonchev–Trinajstić information content (AvgIpc) is 2.69. The number of sulfonamides is 1. The van der Waals surface area contributed by atoms with E-state index in [0.717, 1.165) is 12.1 Å². The molecule has 0 aliphatic carbocycles. The molecule has 2 aromatic carbocycles. The summed E-state index contributed by atoms with van der Waals surface area (Å²) in [7, 11) is -2.00. The number of ether oxygens (including phenoxy) is 1. The number of alkyl halides is 3. The first kappa shape index (κ1) is 23.3. The number of rotatable bonds is 5. The smallest absolute Gasteiger partial charge is 0.406 e. The quantitative estimate of drug-likeness (QED) is 0.714. The predicted octanol–water partition coefficient (Wildman–Crippen LogP) is 3.43. The number of piperazine rings is 1. The van der Waals surface area contributed by atoms with Crippen molar-refractivity contribution in [2.24, 2.45) is 0 Å². The number of halogens is 4. The third-order valence-corrected chi connectivity index (χ3v) is 7.00. The summed E-state index contributed by atoms with van der Waals surface area (Å²) in [6.45, 7) is 1.76. The standard InChI is InChI=1S/C19H19ClF3N3O4S/c1-25-8-10-26(11-9-25)31(28,29)17-12-13(2-7-16(17)20)18(27)24-14-3-5-15(6-4-14)30-19(21,22)23/h2-7,12H,8-11H2,1H3,(H,24,27). The van der Waals surface area contributed by atoms with Crippen LogP contribution >= 0.6 is 11.6 Å². The van der Waals surface area contributed by atoms with Crippen LogP contribution in [0.5, 0.6) is 5.75 Å². The molecule has 31 heavy (non-hydrogen) atoms. The van der Waals surface area contributed by atoms with Gasteiger partial charge in [0.15, 0.2) is 0 Å². The van der Waals surface area contributed by atoms with Gasteiger partial charge in [-0.15, -0.1) is 13.2 Å². The number of hydrogen-bond acceptors (Lipinski definition) is 5. The number of hydrogen-bond donors (Lipinski definition) is 1. The van der Waals surface area contributed by atoms with Gasteiger partial charge in [-0.05, 0) is 49.5 Å². The number of likely N-dealkylation sites (N-methyl/N-ethyl adjacent to an activating group) is 1. The molecule has 1 aliphatic rings. The second-order valence-electron chi connectivity index (χ2n) is 6.88. The molecule has 7 nitrogen and oxygen atoms in total. The summed E-state index contributed by atoms with van der Waals surface area (Å²) in [5, 5.41) is 2.49. The van der Waals surface area contributed by atoms with Crippen molar-refractivity contribution < 1.29 is 31.1 Å². The van der Waals surface area contributed by atoms with E-state index in [0.29, 0.717) is 26.2 Å². The van der Waals surface area contributed by atoms with Gasteiger partial charge < -0.3 is 15.0 Å². The second kappa shape index (κ2) is 9.03. The topological polar surface area (TPSA) is 79.0 Å². The maximum Gasteiger partial charge on any atom is 0.573 e. The Morgan fingerprint density at radius 3 is 2.26 bits per heavy atom. The minimum absolute atomic E-state index is 0.0101. The summed E-state index contributed by atoms with van der Waals surface area (Å²) in [4.78, 5) is 14.4. The molecule has 3 rings (SSSR count). The van der Waals surface area contributed by atoms with Crippen LogP contribution in [0.4, 0.5) is 18.9 Å². The molecule has 0 bridgehead atoms. The van der Waals surface area contributed by atoms with E-state index in [1.54, 1.807) is 0 Å². The summed E-state index contributed by atoms with van der Waals surface area (Å²) in [5.74, 6) is -1.08. The molecule has 0 saturated carbocycles. The highest BCUT2D eigenvalue weighted by Crippen LogP contribution is 2.28. The molecule has 0 aromatic heterocycles. The van der Waals surface area contributed by atoms with E-state index in [-0.39, 0.29) is 21.2 Å². The molecular weight excluding hydrogens is 459 g/mol. The lowest BCUT2D eigenvalue weighted by Crippen LogP contribution is -2.47. The van der Waals surface area contributed by atoms with Crippen molar-refractivity contribution in [3.05, 3.63) is 53.1 Å².